The molecule has 2 rings (SSSR count). The Morgan fingerprint density at radius 3 is 3.00 bits per heavy atom. The first-order chi connectivity index (χ1) is 8.60. The summed E-state index contributed by atoms with van der Waals surface area (Å²) < 4.78 is 0. The van der Waals surface area contributed by atoms with Gasteiger partial charge in [-0.1, -0.05) is 6.92 Å². The molecule has 5 heteroatoms. The Labute approximate surface area is 106 Å². The fourth-order valence-electron chi connectivity index (χ4n) is 1.95. The van der Waals surface area contributed by atoms with E-state index in [0.29, 0.717) is 18.7 Å². The molecule has 1 aliphatic heterocycles. The molecule has 0 saturated heterocycles. The van der Waals surface area contributed by atoms with Gasteiger partial charge in [-0.05, 0) is 30.0 Å². The van der Waals surface area contributed by atoms with E-state index < -0.39 is 0 Å². The predicted molar refractivity (Wildman–Crippen MR) is 72.5 cm³/mol. The van der Waals surface area contributed by atoms with Crippen molar-refractivity contribution in [3.05, 3.63) is 17.7 Å². The summed E-state index contributed by atoms with van der Waals surface area (Å²) >= 11 is 0. The van der Waals surface area contributed by atoms with Crippen LogP contribution in [0, 0.1) is 5.92 Å². The number of aryl methyl sites for hydroxylation is 1. The van der Waals surface area contributed by atoms with Crippen LogP contribution in [0.5, 0.6) is 0 Å². The largest absolute Gasteiger partial charge is 0.397 e. The minimum Gasteiger partial charge on any atom is -0.397 e. The maximum Gasteiger partial charge on any atom is 0.224 e. The van der Waals surface area contributed by atoms with Crippen LogP contribution in [0.3, 0.4) is 0 Å². The van der Waals surface area contributed by atoms with Crippen molar-refractivity contribution in [2.75, 3.05) is 29.5 Å². The summed E-state index contributed by atoms with van der Waals surface area (Å²) in [5.41, 5.74) is 9.36. The normalized spacial score (nSPS) is 15.8. The van der Waals surface area contributed by atoms with Gasteiger partial charge in [-0.3, -0.25) is 4.79 Å². The zero-order chi connectivity index (χ0) is 13.1. The van der Waals surface area contributed by atoms with E-state index in [1.165, 1.54) is 0 Å². The SMILES string of the molecule is CC(CO)CNc1cc2c(cc1N)CCC(=O)N2. The minimum absolute atomic E-state index is 0.0435. The first-order valence-electron chi connectivity index (χ1n) is 6.17. The zero-order valence-corrected chi connectivity index (χ0v) is 10.5. The molecule has 1 unspecified atom stereocenters. The van der Waals surface area contributed by atoms with Gasteiger partial charge < -0.3 is 21.5 Å². The number of nitrogens with one attached hydrogen (secondary N) is 2. The highest BCUT2D eigenvalue weighted by Crippen LogP contribution is 2.31. The molecule has 1 aromatic carbocycles. The van der Waals surface area contributed by atoms with Crippen LogP contribution in [0.1, 0.15) is 18.9 Å². The molecule has 1 atom stereocenters. The first-order valence-corrected chi connectivity index (χ1v) is 6.17. The highest BCUT2D eigenvalue weighted by molar-refractivity contribution is 5.95. The highest BCUT2D eigenvalue weighted by atomic mass is 16.3. The van der Waals surface area contributed by atoms with E-state index in [9.17, 15) is 4.79 Å². The number of aliphatic hydroxyl groups is 1. The Bertz CT molecular complexity index is 460. The lowest BCUT2D eigenvalue weighted by Gasteiger charge is -2.20. The summed E-state index contributed by atoms with van der Waals surface area (Å²) in [6.07, 6.45) is 1.25. The van der Waals surface area contributed by atoms with Crippen molar-refractivity contribution in [2.45, 2.75) is 19.8 Å². The van der Waals surface area contributed by atoms with Crippen LogP contribution in [0.2, 0.25) is 0 Å². The van der Waals surface area contributed by atoms with Crippen LogP contribution < -0.4 is 16.4 Å². The van der Waals surface area contributed by atoms with E-state index in [4.69, 9.17) is 10.8 Å². The molecule has 0 aromatic heterocycles. The monoisotopic (exact) mass is 249 g/mol. The number of hydrogen-bond donors (Lipinski definition) is 4. The van der Waals surface area contributed by atoms with E-state index in [1.54, 1.807) is 0 Å². The van der Waals surface area contributed by atoms with Crippen molar-refractivity contribution in [3.63, 3.8) is 0 Å². The number of anilines is 3. The molecule has 5 nitrogen and oxygen atoms in total. The summed E-state index contributed by atoms with van der Waals surface area (Å²) in [7, 11) is 0. The Kier molecular flexibility index (Phi) is 3.72. The number of nitrogens with two attached hydrogens (primary N) is 1. The summed E-state index contributed by atoms with van der Waals surface area (Å²) in [5.74, 6) is 0.206. The van der Waals surface area contributed by atoms with Crippen molar-refractivity contribution < 1.29 is 9.90 Å². The number of carbonyl (C=O) groups is 1. The zero-order valence-electron chi connectivity index (χ0n) is 10.5. The van der Waals surface area contributed by atoms with Crippen molar-refractivity contribution in [1.29, 1.82) is 0 Å². The fourth-order valence-corrected chi connectivity index (χ4v) is 1.95. The molecule has 0 saturated carbocycles. The van der Waals surface area contributed by atoms with Crippen LogP contribution in [-0.4, -0.2) is 24.2 Å². The number of carbonyl (C=O) groups excluding carboxylic acids is 1. The Morgan fingerprint density at radius 2 is 2.28 bits per heavy atom. The second-order valence-electron chi connectivity index (χ2n) is 4.81. The molecular weight excluding hydrogens is 230 g/mol. The molecule has 18 heavy (non-hydrogen) atoms. The molecule has 1 heterocycles. The maximum absolute atomic E-state index is 11.3. The summed E-state index contributed by atoms with van der Waals surface area (Å²) in [5, 5.41) is 15.0. The molecule has 0 spiro atoms. The van der Waals surface area contributed by atoms with Crippen LogP contribution in [0.15, 0.2) is 12.1 Å². The van der Waals surface area contributed by atoms with Crippen molar-refractivity contribution in [1.82, 2.24) is 0 Å². The van der Waals surface area contributed by atoms with E-state index in [0.717, 1.165) is 23.4 Å². The lowest BCUT2D eigenvalue weighted by Crippen LogP contribution is -2.20. The second-order valence-corrected chi connectivity index (χ2v) is 4.81. The average molecular weight is 249 g/mol. The average Bonchev–Trinajstić information content (AvgIpc) is 2.36. The molecule has 0 bridgehead atoms. The second kappa shape index (κ2) is 5.27. The molecule has 98 valence electrons. The number of nitrogen functional groups attached to an aromatic ring is 1. The maximum atomic E-state index is 11.3. The van der Waals surface area contributed by atoms with Gasteiger partial charge in [0.1, 0.15) is 0 Å². The lowest BCUT2D eigenvalue weighted by molar-refractivity contribution is -0.116. The molecule has 5 N–H and O–H groups in total. The molecule has 0 fully saturated rings. The van der Waals surface area contributed by atoms with Gasteiger partial charge in [0.2, 0.25) is 5.91 Å². The van der Waals surface area contributed by atoms with Gasteiger partial charge in [-0.25, -0.2) is 0 Å². The number of aliphatic hydroxyl groups excluding tert-OH is 1. The fraction of sp³-hybridized carbons (Fsp3) is 0.462. The minimum atomic E-state index is 0.0435. The first kappa shape index (κ1) is 12.7. The lowest BCUT2D eigenvalue weighted by atomic mass is 10.0. The Hall–Kier alpha value is -1.75. The summed E-state index contributed by atoms with van der Waals surface area (Å²) in [6.45, 7) is 2.73. The van der Waals surface area contributed by atoms with Gasteiger partial charge >= 0.3 is 0 Å². The standard InChI is InChI=1S/C13H19N3O2/c1-8(7-17)6-15-12-5-11-9(4-10(12)14)2-3-13(18)16-11/h4-5,8,15,17H,2-3,6-7,14H2,1H3,(H,16,18). The van der Waals surface area contributed by atoms with E-state index in [-0.39, 0.29) is 18.4 Å². The molecule has 0 radical (unpaired) electrons. The van der Waals surface area contributed by atoms with E-state index in [1.807, 2.05) is 19.1 Å². The quantitative estimate of drug-likeness (QED) is 0.604. The third kappa shape index (κ3) is 2.73. The van der Waals surface area contributed by atoms with Gasteiger partial charge in [-0.15, -0.1) is 0 Å². The molecule has 1 aliphatic rings. The van der Waals surface area contributed by atoms with Gasteiger partial charge in [0, 0.05) is 25.3 Å². The Morgan fingerprint density at radius 1 is 1.50 bits per heavy atom. The van der Waals surface area contributed by atoms with E-state index >= 15 is 0 Å². The molecule has 1 amide bonds. The molecule has 1 aromatic rings. The molecule has 0 aliphatic carbocycles. The number of benzene rings is 1. The summed E-state index contributed by atoms with van der Waals surface area (Å²) in [4.78, 5) is 11.3. The van der Waals surface area contributed by atoms with Crippen molar-refractivity contribution >= 4 is 23.0 Å². The predicted octanol–water partition coefficient (Wildman–Crippen LogP) is 1.19. The number of amides is 1. The number of rotatable bonds is 4. The number of fused-ring (bicyclic) bond motifs is 1. The highest BCUT2D eigenvalue weighted by Gasteiger charge is 2.16. The van der Waals surface area contributed by atoms with Crippen LogP contribution in [0.25, 0.3) is 0 Å². The van der Waals surface area contributed by atoms with Gasteiger partial charge in [0.25, 0.3) is 0 Å². The molecular formula is C13H19N3O2. The summed E-state index contributed by atoms with van der Waals surface area (Å²) in [6, 6.07) is 3.77. The van der Waals surface area contributed by atoms with Crippen LogP contribution >= 0.6 is 0 Å². The number of hydrogen-bond acceptors (Lipinski definition) is 4. The third-order valence-electron chi connectivity index (χ3n) is 3.12. The Balaban J connectivity index is 2.16. The van der Waals surface area contributed by atoms with E-state index in [2.05, 4.69) is 10.6 Å². The van der Waals surface area contributed by atoms with Gasteiger partial charge in [0.15, 0.2) is 0 Å². The van der Waals surface area contributed by atoms with Crippen LogP contribution in [0.4, 0.5) is 17.1 Å². The van der Waals surface area contributed by atoms with Crippen molar-refractivity contribution in [3.8, 4) is 0 Å². The topological polar surface area (TPSA) is 87.4 Å². The smallest absolute Gasteiger partial charge is 0.224 e. The van der Waals surface area contributed by atoms with Gasteiger partial charge in [-0.2, -0.15) is 0 Å². The van der Waals surface area contributed by atoms with Crippen molar-refractivity contribution in [2.24, 2.45) is 5.92 Å². The van der Waals surface area contributed by atoms with Crippen LogP contribution in [-0.2, 0) is 11.2 Å². The van der Waals surface area contributed by atoms with Gasteiger partial charge in [0.05, 0.1) is 11.4 Å². The third-order valence-corrected chi connectivity index (χ3v) is 3.12.